The minimum atomic E-state index is -2.55. The molecule has 2 aromatic rings. The van der Waals surface area contributed by atoms with Gasteiger partial charge in [0.15, 0.2) is 0 Å². The van der Waals surface area contributed by atoms with Gasteiger partial charge in [0, 0.05) is 120 Å². The summed E-state index contributed by atoms with van der Waals surface area (Å²) >= 11 is 0. The Kier molecular flexibility index (Phi) is 11.2. The normalized spacial score (nSPS) is 21.0. The van der Waals surface area contributed by atoms with Gasteiger partial charge in [0.2, 0.25) is 5.91 Å². The number of hydrogen-bond acceptors (Lipinski definition) is 8. The summed E-state index contributed by atoms with van der Waals surface area (Å²) in [6.07, 6.45) is 3.55. The molecule has 3 fully saturated rings. The lowest BCUT2D eigenvalue weighted by molar-refractivity contribution is -0.128. The van der Waals surface area contributed by atoms with Crippen molar-refractivity contribution in [2.24, 2.45) is 0 Å². The van der Waals surface area contributed by atoms with Crippen LogP contribution in [0.4, 0.5) is 20.3 Å². The van der Waals surface area contributed by atoms with E-state index >= 15 is 0 Å². The lowest BCUT2D eigenvalue weighted by atomic mass is 9.96. The van der Waals surface area contributed by atoms with E-state index in [-0.39, 0.29) is 17.5 Å². The van der Waals surface area contributed by atoms with E-state index in [0.29, 0.717) is 50.8 Å². The Balaban J connectivity index is 0.000000198. The summed E-state index contributed by atoms with van der Waals surface area (Å²) in [7, 11) is 0. The zero-order valence-corrected chi connectivity index (χ0v) is 28.3. The predicted octanol–water partition coefficient (Wildman–Crippen LogP) is 4.11. The lowest BCUT2D eigenvalue weighted by Crippen LogP contribution is -2.63. The van der Waals surface area contributed by atoms with Gasteiger partial charge in [0.1, 0.15) is 11.7 Å². The number of anilines is 2. The first-order chi connectivity index (χ1) is 23.3. The number of aryl methyl sites for hydroxylation is 2. The third kappa shape index (κ3) is 8.15. The van der Waals surface area contributed by atoms with Crippen LogP contribution < -0.4 is 20.4 Å². The summed E-state index contributed by atoms with van der Waals surface area (Å²) in [6.45, 7) is 13.6. The number of piperazine rings is 1. The highest BCUT2D eigenvalue weighted by atomic mass is 19.3. The zero-order chi connectivity index (χ0) is 33.6. The quantitative estimate of drug-likeness (QED) is 0.314. The molecule has 3 N–H and O–H groups in total. The van der Waals surface area contributed by atoms with Gasteiger partial charge in [-0.2, -0.15) is 0 Å². The van der Waals surface area contributed by atoms with Crippen LogP contribution in [0.25, 0.3) is 0 Å². The average molecular weight is 665 g/mol. The van der Waals surface area contributed by atoms with E-state index in [0.717, 1.165) is 80.6 Å². The number of nitrogens with one attached hydrogen (secondary N) is 3. The van der Waals surface area contributed by atoms with Crippen LogP contribution >= 0.6 is 0 Å². The number of fused-ring (bicyclic) bond motifs is 1. The number of aromatic nitrogens is 1. The van der Waals surface area contributed by atoms with Crippen LogP contribution in [0.3, 0.4) is 0 Å². The van der Waals surface area contributed by atoms with Crippen molar-refractivity contribution in [3.8, 4) is 0 Å². The number of pyridine rings is 1. The van der Waals surface area contributed by atoms with Crippen LogP contribution in [-0.4, -0.2) is 111 Å². The third-order valence-electron chi connectivity index (χ3n) is 10.2. The Bertz CT molecular complexity index is 1450. The fourth-order valence-corrected chi connectivity index (χ4v) is 7.19. The molecular weight excluding hydrogens is 614 g/mol. The van der Waals surface area contributed by atoms with Crippen molar-refractivity contribution in [1.82, 2.24) is 25.4 Å². The van der Waals surface area contributed by atoms with Gasteiger partial charge in [0.25, 0.3) is 6.43 Å². The molecule has 5 aliphatic rings. The van der Waals surface area contributed by atoms with Crippen molar-refractivity contribution in [3.05, 3.63) is 64.5 Å². The van der Waals surface area contributed by atoms with E-state index in [1.807, 2.05) is 11.1 Å². The van der Waals surface area contributed by atoms with E-state index in [4.69, 9.17) is 10.1 Å². The fourth-order valence-electron chi connectivity index (χ4n) is 7.19. The molecule has 5 aliphatic heterocycles. The molecule has 0 aliphatic carbocycles. The van der Waals surface area contributed by atoms with E-state index in [2.05, 4.69) is 44.5 Å². The average Bonchev–Trinajstić information content (AvgIpc) is 3.09. The van der Waals surface area contributed by atoms with Crippen molar-refractivity contribution in [2.75, 3.05) is 81.9 Å². The molecule has 12 heteroatoms. The highest BCUT2D eigenvalue weighted by Crippen LogP contribution is 2.34. The van der Waals surface area contributed by atoms with E-state index in [9.17, 15) is 13.6 Å². The van der Waals surface area contributed by atoms with E-state index in [1.165, 1.54) is 30.8 Å². The van der Waals surface area contributed by atoms with Crippen molar-refractivity contribution < 1.29 is 18.3 Å². The van der Waals surface area contributed by atoms with Crippen LogP contribution in [0.15, 0.2) is 47.8 Å². The SMILES string of the molecule is CC(=O)N1CCC(NC2CCOCC2)=C(C(=N)N2CCCc3ccc(C(F)F)cc32)C1.Cc1ccc(N2CC(N3CCNCC3)C2)nc1. The summed E-state index contributed by atoms with van der Waals surface area (Å²) in [5.41, 5.74) is 4.65. The largest absolute Gasteiger partial charge is 0.385 e. The third-order valence-corrected chi connectivity index (χ3v) is 10.2. The van der Waals surface area contributed by atoms with Crippen LogP contribution in [0.2, 0.25) is 0 Å². The number of amides is 1. The van der Waals surface area contributed by atoms with Gasteiger partial charge in [0.05, 0.1) is 6.54 Å². The molecule has 1 amide bonds. The number of benzene rings is 1. The lowest BCUT2D eigenvalue weighted by Gasteiger charge is -2.47. The number of amidine groups is 1. The monoisotopic (exact) mass is 664 g/mol. The van der Waals surface area contributed by atoms with Crippen LogP contribution in [0.1, 0.15) is 55.7 Å². The molecule has 260 valence electrons. The summed E-state index contributed by atoms with van der Waals surface area (Å²) in [4.78, 5) is 25.1. The zero-order valence-electron chi connectivity index (χ0n) is 28.3. The Morgan fingerprint density at radius 1 is 1.06 bits per heavy atom. The molecule has 0 unspecified atom stereocenters. The maximum absolute atomic E-state index is 13.3. The highest BCUT2D eigenvalue weighted by Gasteiger charge is 2.33. The van der Waals surface area contributed by atoms with Gasteiger partial charge in [-0.3, -0.25) is 15.1 Å². The molecule has 0 spiro atoms. The number of halogens is 2. The van der Waals surface area contributed by atoms with Crippen LogP contribution in [-0.2, 0) is 16.0 Å². The maximum atomic E-state index is 13.3. The van der Waals surface area contributed by atoms with Crippen molar-refractivity contribution in [3.63, 3.8) is 0 Å². The second kappa shape index (κ2) is 15.7. The molecule has 6 heterocycles. The number of rotatable bonds is 6. The minimum Gasteiger partial charge on any atom is -0.385 e. The number of carbonyl (C=O) groups is 1. The van der Waals surface area contributed by atoms with Gasteiger partial charge in [-0.25, -0.2) is 13.8 Å². The number of hydrogen-bond donors (Lipinski definition) is 3. The molecule has 0 saturated carbocycles. The fraction of sp³-hybridized carbons (Fsp3) is 0.583. The smallest absolute Gasteiger partial charge is 0.263 e. The maximum Gasteiger partial charge on any atom is 0.263 e. The minimum absolute atomic E-state index is 0.0190. The van der Waals surface area contributed by atoms with Crippen LogP contribution in [0, 0.1) is 12.3 Å². The predicted molar refractivity (Wildman–Crippen MR) is 185 cm³/mol. The summed E-state index contributed by atoms with van der Waals surface area (Å²) in [6, 6.07) is 10.0. The summed E-state index contributed by atoms with van der Waals surface area (Å²) < 4.78 is 32.1. The van der Waals surface area contributed by atoms with E-state index in [1.54, 1.807) is 17.9 Å². The van der Waals surface area contributed by atoms with Gasteiger partial charge in [-0.05, 0) is 55.9 Å². The summed E-state index contributed by atoms with van der Waals surface area (Å²) in [5, 5.41) is 16.1. The first kappa shape index (κ1) is 34.3. The second-order valence-corrected chi connectivity index (χ2v) is 13.5. The van der Waals surface area contributed by atoms with Gasteiger partial charge < -0.3 is 30.1 Å². The van der Waals surface area contributed by atoms with Crippen LogP contribution in [0.5, 0.6) is 0 Å². The molecular formula is C36H50F2N8O2. The first-order valence-electron chi connectivity index (χ1n) is 17.5. The standard InChI is InChI=1S/C23H30F2N4O2.C13H20N4/c1-15(30)28-10-6-20(27-18-7-11-31-12-8-18)19(14-28)23(26)29-9-2-3-16-4-5-17(22(24)25)13-21(16)29;1-11-2-3-13(15-8-11)17-9-12(10-17)16-6-4-14-5-7-16/h4-5,13,18,22,26-27H,2-3,6-12,14H2,1H3;2-3,8,12,14H,4-7,9-10H2,1H3. The van der Waals surface area contributed by atoms with Gasteiger partial charge >= 0.3 is 0 Å². The Morgan fingerprint density at radius 2 is 1.83 bits per heavy atom. The van der Waals surface area contributed by atoms with Crippen molar-refractivity contribution in [1.29, 1.82) is 5.41 Å². The number of alkyl halides is 2. The first-order valence-corrected chi connectivity index (χ1v) is 17.5. The highest BCUT2D eigenvalue weighted by molar-refractivity contribution is 6.09. The second-order valence-electron chi connectivity index (χ2n) is 13.5. The molecule has 3 saturated heterocycles. The molecule has 48 heavy (non-hydrogen) atoms. The number of nitrogens with zero attached hydrogens (tertiary/aromatic N) is 5. The molecule has 0 atom stereocenters. The number of ether oxygens (including phenoxy) is 1. The Labute approximate surface area is 283 Å². The topological polar surface area (TPSA) is 100 Å². The molecule has 1 aromatic carbocycles. The molecule has 0 radical (unpaired) electrons. The summed E-state index contributed by atoms with van der Waals surface area (Å²) in [5.74, 6) is 1.41. The molecule has 10 nitrogen and oxygen atoms in total. The van der Waals surface area contributed by atoms with Gasteiger partial charge in [-0.15, -0.1) is 0 Å². The van der Waals surface area contributed by atoms with Crippen molar-refractivity contribution in [2.45, 2.75) is 64.5 Å². The Hall–Kier alpha value is -3.61. The molecule has 1 aromatic heterocycles. The molecule has 7 rings (SSSR count). The van der Waals surface area contributed by atoms with Gasteiger partial charge in [-0.1, -0.05) is 18.2 Å². The number of carbonyl (C=O) groups excluding carboxylic acids is 1. The van der Waals surface area contributed by atoms with Crippen molar-refractivity contribution >= 4 is 23.2 Å². The molecule has 0 bridgehead atoms. The Morgan fingerprint density at radius 3 is 2.52 bits per heavy atom. The van der Waals surface area contributed by atoms with E-state index < -0.39 is 6.43 Å².